The summed E-state index contributed by atoms with van der Waals surface area (Å²) in [4.78, 5) is 0.361. The Morgan fingerprint density at radius 2 is 2.00 bits per heavy atom. The summed E-state index contributed by atoms with van der Waals surface area (Å²) in [6, 6.07) is 0. The molecule has 1 aliphatic rings. The molecule has 2 N–H and O–H groups in total. The fourth-order valence-corrected chi connectivity index (χ4v) is 2.80. The van der Waals surface area contributed by atoms with Crippen LogP contribution in [0.4, 0.5) is 0 Å². The van der Waals surface area contributed by atoms with E-state index in [0.717, 1.165) is 35.9 Å². The molecule has 5 heteroatoms. The number of ether oxygens (including phenoxy) is 1. The minimum absolute atomic E-state index is 0.268. The number of nitrogens with zero attached hydrogens (tertiary/aromatic N) is 2. The van der Waals surface area contributed by atoms with Crippen LogP contribution in [0, 0.1) is 12.8 Å². The van der Waals surface area contributed by atoms with Crippen molar-refractivity contribution in [2.45, 2.75) is 45.6 Å². The number of thiocarbonyl (C=S) groups is 1. The number of nitrogens with two attached hydrogens (primary N) is 1. The largest absolute Gasteiger partial charge is 0.474 e. The van der Waals surface area contributed by atoms with Crippen LogP contribution in [0.2, 0.25) is 0 Å². The van der Waals surface area contributed by atoms with Gasteiger partial charge in [0.25, 0.3) is 0 Å². The molecule has 0 bridgehead atoms. The van der Waals surface area contributed by atoms with Crippen LogP contribution in [0.5, 0.6) is 5.88 Å². The van der Waals surface area contributed by atoms with Crippen LogP contribution in [-0.2, 0) is 7.05 Å². The van der Waals surface area contributed by atoms with E-state index < -0.39 is 0 Å². The molecular formula is C13H21N3OS. The van der Waals surface area contributed by atoms with Gasteiger partial charge in [-0.05, 0) is 38.5 Å². The van der Waals surface area contributed by atoms with Gasteiger partial charge in [-0.1, -0.05) is 19.1 Å². The third-order valence-electron chi connectivity index (χ3n) is 3.66. The topological polar surface area (TPSA) is 53.1 Å². The molecule has 0 spiro atoms. The van der Waals surface area contributed by atoms with Crippen LogP contribution in [0.3, 0.4) is 0 Å². The van der Waals surface area contributed by atoms with E-state index in [9.17, 15) is 0 Å². The lowest BCUT2D eigenvalue weighted by Gasteiger charge is -2.27. The van der Waals surface area contributed by atoms with E-state index in [2.05, 4.69) is 12.0 Å². The first-order valence-electron chi connectivity index (χ1n) is 6.49. The molecule has 1 heterocycles. The number of hydrogen-bond acceptors (Lipinski definition) is 3. The molecule has 18 heavy (non-hydrogen) atoms. The Kier molecular flexibility index (Phi) is 3.90. The summed E-state index contributed by atoms with van der Waals surface area (Å²) in [5.74, 6) is 1.53. The van der Waals surface area contributed by atoms with Gasteiger partial charge in [-0.25, -0.2) is 4.68 Å². The maximum atomic E-state index is 6.08. The first-order valence-corrected chi connectivity index (χ1v) is 6.90. The summed E-state index contributed by atoms with van der Waals surface area (Å²) < 4.78 is 7.82. The second-order valence-electron chi connectivity index (χ2n) is 5.25. The van der Waals surface area contributed by atoms with E-state index in [0.29, 0.717) is 4.99 Å². The fourth-order valence-electron chi connectivity index (χ4n) is 2.56. The zero-order valence-electron chi connectivity index (χ0n) is 11.3. The highest BCUT2D eigenvalue weighted by Gasteiger charge is 2.24. The Bertz CT molecular complexity index is 447. The van der Waals surface area contributed by atoms with Gasteiger partial charge in [0.2, 0.25) is 5.88 Å². The Morgan fingerprint density at radius 1 is 1.39 bits per heavy atom. The second kappa shape index (κ2) is 5.26. The molecule has 1 fully saturated rings. The minimum Gasteiger partial charge on any atom is -0.474 e. The molecule has 1 aliphatic carbocycles. The van der Waals surface area contributed by atoms with Crippen molar-refractivity contribution in [3.8, 4) is 5.88 Å². The summed E-state index contributed by atoms with van der Waals surface area (Å²) >= 11 is 5.08. The SMILES string of the molecule is Cc1nn(C)c(OC2CCC(C)CC2)c1C(N)=S. The van der Waals surface area contributed by atoms with E-state index in [4.69, 9.17) is 22.7 Å². The molecule has 1 saturated carbocycles. The Morgan fingerprint density at radius 3 is 2.56 bits per heavy atom. The molecule has 1 aromatic heterocycles. The lowest BCUT2D eigenvalue weighted by Crippen LogP contribution is -2.25. The van der Waals surface area contributed by atoms with Crippen LogP contribution in [0.25, 0.3) is 0 Å². The highest BCUT2D eigenvalue weighted by molar-refractivity contribution is 7.80. The molecular weight excluding hydrogens is 246 g/mol. The molecule has 2 rings (SSSR count). The van der Waals surface area contributed by atoms with Crippen LogP contribution >= 0.6 is 12.2 Å². The van der Waals surface area contributed by atoms with Gasteiger partial charge in [0.05, 0.1) is 11.3 Å². The van der Waals surface area contributed by atoms with Gasteiger partial charge in [-0.3, -0.25) is 0 Å². The molecule has 0 aliphatic heterocycles. The third kappa shape index (κ3) is 2.66. The van der Waals surface area contributed by atoms with Gasteiger partial charge in [0.15, 0.2) is 0 Å². The first-order chi connectivity index (χ1) is 8.49. The fraction of sp³-hybridized carbons (Fsp3) is 0.692. The van der Waals surface area contributed by atoms with Gasteiger partial charge < -0.3 is 10.5 Å². The average Bonchev–Trinajstić information content (AvgIpc) is 2.57. The molecule has 0 saturated heterocycles. The van der Waals surface area contributed by atoms with Crippen molar-refractivity contribution in [1.82, 2.24) is 9.78 Å². The average molecular weight is 267 g/mol. The summed E-state index contributed by atoms with van der Waals surface area (Å²) in [6.07, 6.45) is 4.92. The van der Waals surface area contributed by atoms with Gasteiger partial charge in [0.1, 0.15) is 11.1 Å². The highest BCUT2D eigenvalue weighted by Crippen LogP contribution is 2.29. The van der Waals surface area contributed by atoms with Crippen molar-refractivity contribution in [3.05, 3.63) is 11.3 Å². The predicted molar refractivity (Wildman–Crippen MR) is 75.9 cm³/mol. The van der Waals surface area contributed by atoms with Crippen molar-refractivity contribution in [3.63, 3.8) is 0 Å². The molecule has 0 amide bonds. The first kappa shape index (κ1) is 13.3. The monoisotopic (exact) mass is 267 g/mol. The molecule has 0 radical (unpaired) electrons. The summed E-state index contributed by atoms with van der Waals surface area (Å²) in [5.41, 5.74) is 7.37. The second-order valence-corrected chi connectivity index (χ2v) is 5.69. The minimum atomic E-state index is 0.268. The maximum absolute atomic E-state index is 6.08. The Labute approximate surface area is 113 Å². The smallest absolute Gasteiger partial charge is 0.222 e. The van der Waals surface area contributed by atoms with Crippen molar-refractivity contribution in [2.75, 3.05) is 0 Å². The van der Waals surface area contributed by atoms with Gasteiger partial charge in [0, 0.05) is 7.05 Å². The van der Waals surface area contributed by atoms with E-state index in [-0.39, 0.29) is 6.10 Å². The number of aryl methyl sites for hydroxylation is 2. The van der Waals surface area contributed by atoms with Crippen LogP contribution in [0.15, 0.2) is 0 Å². The van der Waals surface area contributed by atoms with Crippen molar-refractivity contribution >= 4 is 17.2 Å². The summed E-state index contributed by atoms with van der Waals surface area (Å²) in [7, 11) is 1.87. The standard InChI is InChI=1S/C13H21N3OS/c1-8-4-6-10(7-5-8)17-13-11(12(14)18)9(2)15-16(13)3/h8,10H,4-7H2,1-3H3,(H2,14,18). The zero-order valence-corrected chi connectivity index (χ0v) is 12.1. The highest BCUT2D eigenvalue weighted by atomic mass is 32.1. The van der Waals surface area contributed by atoms with E-state index in [1.165, 1.54) is 12.8 Å². The molecule has 0 atom stereocenters. The third-order valence-corrected chi connectivity index (χ3v) is 3.86. The zero-order chi connectivity index (χ0) is 13.3. The quantitative estimate of drug-likeness (QED) is 0.854. The molecule has 4 nitrogen and oxygen atoms in total. The predicted octanol–water partition coefficient (Wildman–Crippen LogP) is 2.32. The van der Waals surface area contributed by atoms with Crippen molar-refractivity contribution < 1.29 is 4.74 Å². The van der Waals surface area contributed by atoms with Gasteiger partial charge in [-0.15, -0.1) is 0 Å². The number of aromatic nitrogens is 2. The molecule has 0 aromatic carbocycles. The Hall–Kier alpha value is -1.10. The van der Waals surface area contributed by atoms with Crippen molar-refractivity contribution in [2.24, 2.45) is 18.7 Å². The normalized spacial score (nSPS) is 23.9. The van der Waals surface area contributed by atoms with Crippen LogP contribution in [0.1, 0.15) is 43.9 Å². The molecule has 100 valence electrons. The Balaban J connectivity index is 2.16. The maximum Gasteiger partial charge on any atom is 0.222 e. The molecule has 0 unspecified atom stereocenters. The lowest BCUT2D eigenvalue weighted by atomic mass is 9.89. The molecule has 1 aromatic rings. The van der Waals surface area contributed by atoms with Crippen LogP contribution < -0.4 is 10.5 Å². The van der Waals surface area contributed by atoms with E-state index >= 15 is 0 Å². The van der Waals surface area contributed by atoms with E-state index in [1.807, 2.05) is 14.0 Å². The van der Waals surface area contributed by atoms with E-state index in [1.54, 1.807) is 4.68 Å². The van der Waals surface area contributed by atoms with Crippen LogP contribution in [-0.4, -0.2) is 20.9 Å². The lowest BCUT2D eigenvalue weighted by molar-refractivity contribution is 0.124. The summed E-state index contributed by atoms with van der Waals surface area (Å²) in [5, 5.41) is 4.34. The van der Waals surface area contributed by atoms with Gasteiger partial charge >= 0.3 is 0 Å². The number of hydrogen-bond donors (Lipinski definition) is 1. The summed E-state index contributed by atoms with van der Waals surface area (Å²) in [6.45, 7) is 4.20. The van der Waals surface area contributed by atoms with Crippen molar-refractivity contribution in [1.29, 1.82) is 0 Å². The van der Waals surface area contributed by atoms with Gasteiger partial charge in [-0.2, -0.15) is 5.10 Å². The number of rotatable bonds is 3.